The molecule has 1 aliphatic rings. The Bertz CT molecular complexity index is 737. The van der Waals surface area contributed by atoms with Crippen molar-refractivity contribution in [1.29, 1.82) is 0 Å². The van der Waals surface area contributed by atoms with Crippen LogP contribution in [0.25, 0.3) is 0 Å². The second kappa shape index (κ2) is 8.63. The molecule has 0 aliphatic carbocycles. The SMILES string of the molecule is CC1CCN(C(=O)CN(c2c(C(C)C)cccc2C(C)C)S(C)(=O)=O)CC1. The Morgan fingerprint density at radius 3 is 2.00 bits per heavy atom. The van der Waals surface area contributed by atoms with Gasteiger partial charge in [0.2, 0.25) is 15.9 Å². The monoisotopic (exact) mass is 394 g/mol. The fourth-order valence-corrected chi connectivity index (χ4v) is 4.53. The summed E-state index contributed by atoms with van der Waals surface area (Å²) >= 11 is 0. The molecule has 0 atom stereocenters. The van der Waals surface area contributed by atoms with Crippen LogP contribution in [0.2, 0.25) is 0 Å². The van der Waals surface area contributed by atoms with Crippen molar-refractivity contribution in [2.45, 2.75) is 59.3 Å². The molecule has 1 fully saturated rings. The molecule has 0 saturated carbocycles. The first kappa shape index (κ1) is 21.7. The third-order valence-corrected chi connectivity index (χ3v) is 6.52. The lowest BCUT2D eigenvalue weighted by Gasteiger charge is -2.34. The Hall–Kier alpha value is -1.56. The van der Waals surface area contributed by atoms with Crippen molar-refractivity contribution < 1.29 is 13.2 Å². The minimum absolute atomic E-state index is 0.111. The zero-order valence-electron chi connectivity index (χ0n) is 17.5. The molecule has 2 rings (SSSR count). The molecule has 0 aromatic heterocycles. The van der Waals surface area contributed by atoms with E-state index in [4.69, 9.17) is 0 Å². The molecule has 5 nitrogen and oxygen atoms in total. The van der Waals surface area contributed by atoms with Crippen molar-refractivity contribution in [3.63, 3.8) is 0 Å². The van der Waals surface area contributed by atoms with Crippen LogP contribution in [0.4, 0.5) is 5.69 Å². The van der Waals surface area contributed by atoms with E-state index in [0.29, 0.717) is 24.7 Å². The molecule has 0 unspecified atom stereocenters. The van der Waals surface area contributed by atoms with Crippen LogP contribution < -0.4 is 4.31 Å². The molecule has 1 aliphatic heterocycles. The first-order valence-electron chi connectivity index (χ1n) is 9.90. The fraction of sp³-hybridized carbons (Fsp3) is 0.667. The molecule has 1 saturated heterocycles. The van der Waals surface area contributed by atoms with E-state index in [1.54, 1.807) is 0 Å². The van der Waals surface area contributed by atoms with Crippen LogP contribution in [-0.2, 0) is 14.8 Å². The number of piperidine rings is 1. The average molecular weight is 395 g/mol. The minimum Gasteiger partial charge on any atom is -0.341 e. The number of carbonyl (C=O) groups is 1. The van der Waals surface area contributed by atoms with Crippen LogP contribution >= 0.6 is 0 Å². The molecule has 1 aromatic rings. The first-order valence-corrected chi connectivity index (χ1v) is 11.8. The minimum atomic E-state index is -3.59. The number of hydrogen-bond donors (Lipinski definition) is 0. The largest absolute Gasteiger partial charge is 0.341 e. The van der Waals surface area contributed by atoms with Gasteiger partial charge in [-0.1, -0.05) is 52.8 Å². The van der Waals surface area contributed by atoms with E-state index in [1.807, 2.05) is 23.1 Å². The molecule has 152 valence electrons. The summed E-state index contributed by atoms with van der Waals surface area (Å²) in [5.41, 5.74) is 2.61. The second-order valence-corrected chi connectivity index (χ2v) is 10.3. The molecule has 6 heteroatoms. The molecule has 0 spiro atoms. The highest BCUT2D eigenvalue weighted by atomic mass is 32.2. The van der Waals surface area contributed by atoms with Gasteiger partial charge in [0.25, 0.3) is 0 Å². The third-order valence-electron chi connectivity index (χ3n) is 5.41. The molecule has 0 radical (unpaired) electrons. The molecule has 27 heavy (non-hydrogen) atoms. The van der Waals surface area contributed by atoms with Crippen LogP contribution in [0.15, 0.2) is 18.2 Å². The molecule has 1 aromatic carbocycles. The number of carbonyl (C=O) groups excluding carboxylic acids is 1. The topological polar surface area (TPSA) is 57.7 Å². The Labute approximate surface area is 164 Å². The number of amides is 1. The summed E-state index contributed by atoms with van der Waals surface area (Å²) < 4.78 is 26.7. The van der Waals surface area contributed by atoms with Crippen LogP contribution in [0.3, 0.4) is 0 Å². The lowest BCUT2D eigenvalue weighted by Crippen LogP contribution is -2.46. The van der Waals surface area contributed by atoms with Gasteiger partial charge in [0, 0.05) is 13.1 Å². The normalized spacial score (nSPS) is 16.2. The zero-order chi connectivity index (χ0) is 20.4. The zero-order valence-corrected chi connectivity index (χ0v) is 18.3. The number of sulfonamides is 1. The molecule has 0 bridgehead atoms. The third kappa shape index (κ3) is 5.24. The molecule has 0 N–H and O–H groups in total. The summed E-state index contributed by atoms with van der Waals surface area (Å²) in [6, 6.07) is 5.91. The maximum Gasteiger partial charge on any atom is 0.243 e. The number of anilines is 1. The van der Waals surface area contributed by atoms with Crippen molar-refractivity contribution in [2.24, 2.45) is 5.92 Å². The van der Waals surface area contributed by atoms with E-state index in [-0.39, 0.29) is 24.3 Å². The first-order chi connectivity index (χ1) is 12.5. The molecular weight excluding hydrogens is 360 g/mol. The van der Waals surface area contributed by atoms with Crippen LogP contribution in [0, 0.1) is 5.92 Å². The van der Waals surface area contributed by atoms with E-state index >= 15 is 0 Å². The quantitative estimate of drug-likeness (QED) is 0.734. The van der Waals surface area contributed by atoms with Gasteiger partial charge in [-0.25, -0.2) is 8.42 Å². The molecule has 1 heterocycles. The smallest absolute Gasteiger partial charge is 0.243 e. The van der Waals surface area contributed by atoms with Gasteiger partial charge in [0.1, 0.15) is 6.54 Å². The summed E-state index contributed by atoms with van der Waals surface area (Å²) in [5.74, 6) is 0.831. The predicted molar refractivity (Wildman–Crippen MR) is 112 cm³/mol. The van der Waals surface area contributed by atoms with Crippen molar-refractivity contribution >= 4 is 21.6 Å². The standard InChI is InChI=1S/C21H34N2O3S/c1-15(2)18-8-7-9-19(16(3)4)21(18)23(27(6,25)26)14-20(24)22-12-10-17(5)11-13-22/h7-9,15-17H,10-14H2,1-6H3. The summed E-state index contributed by atoms with van der Waals surface area (Å²) in [6.45, 7) is 11.7. The van der Waals surface area contributed by atoms with Gasteiger partial charge in [-0.3, -0.25) is 9.10 Å². The predicted octanol–water partition coefficient (Wildman–Crippen LogP) is 3.96. The van der Waals surface area contributed by atoms with Crippen LogP contribution in [0.1, 0.15) is 70.4 Å². The maximum absolute atomic E-state index is 12.9. The number of hydrogen-bond acceptors (Lipinski definition) is 3. The van der Waals surface area contributed by atoms with E-state index in [0.717, 1.165) is 24.0 Å². The number of para-hydroxylation sites is 1. The van der Waals surface area contributed by atoms with Crippen molar-refractivity contribution in [3.8, 4) is 0 Å². The lowest BCUT2D eigenvalue weighted by molar-refractivity contribution is -0.130. The van der Waals surface area contributed by atoms with Crippen LogP contribution in [0.5, 0.6) is 0 Å². The van der Waals surface area contributed by atoms with Crippen molar-refractivity contribution in [3.05, 3.63) is 29.3 Å². The fourth-order valence-electron chi connectivity index (χ4n) is 3.64. The summed E-state index contributed by atoms with van der Waals surface area (Å²) in [5, 5.41) is 0. The highest BCUT2D eigenvalue weighted by Crippen LogP contribution is 2.36. The second-order valence-electron chi connectivity index (χ2n) is 8.43. The van der Waals surface area contributed by atoms with Gasteiger partial charge in [-0.2, -0.15) is 0 Å². The van der Waals surface area contributed by atoms with Crippen LogP contribution in [-0.4, -0.2) is 45.1 Å². The summed E-state index contributed by atoms with van der Waals surface area (Å²) in [7, 11) is -3.59. The number of nitrogens with zero attached hydrogens (tertiary/aromatic N) is 2. The highest BCUT2D eigenvalue weighted by molar-refractivity contribution is 7.92. The average Bonchev–Trinajstić information content (AvgIpc) is 2.58. The van der Waals surface area contributed by atoms with Gasteiger partial charge in [0.05, 0.1) is 11.9 Å². The van der Waals surface area contributed by atoms with E-state index in [2.05, 4.69) is 34.6 Å². The van der Waals surface area contributed by atoms with Gasteiger partial charge in [0.15, 0.2) is 0 Å². The van der Waals surface area contributed by atoms with Gasteiger partial charge < -0.3 is 4.90 Å². The van der Waals surface area contributed by atoms with Gasteiger partial charge in [-0.15, -0.1) is 0 Å². The van der Waals surface area contributed by atoms with E-state index in [1.165, 1.54) is 10.6 Å². The lowest BCUT2D eigenvalue weighted by atomic mass is 9.92. The number of likely N-dealkylation sites (tertiary alicyclic amines) is 1. The Kier molecular flexibility index (Phi) is 6.95. The summed E-state index contributed by atoms with van der Waals surface area (Å²) in [4.78, 5) is 14.7. The van der Waals surface area contributed by atoms with E-state index < -0.39 is 10.0 Å². The molecule has 1 amide bonds. The number of rotatable bonds is 6. The van der Waals surface area contributed by atoms with Crippen molar-refractivity contribution in [2.75, 3.05) is 30.2 Å². The van der Waals surface area contributed by atoms with E-state index in [9.17, 15) is 13.2 Å². The number of benzene rings is 1. The Morgan fingerprint density at radius 2 is 1.59 bits per heavy atom. The maximum atomic E-state index is 12.9. The highest BCUT2D eigenvalue weighted by Gasteiger charge is 2.30. The van der Waals surface area contributed by atoms with Crippen molar-refractivity contribution in [1.82, 2.24) is 4.90 Å². The van der Waals surface area contributed by atoms with Gasteiger partial charge in [-0.05, 0) is 41.7 Å². The summed E-state index contributed by atoms with van der Waals surface area (Å²) in [6.07, 6.45) is 3.15. The van der Waals surface area contributed by atoms with Gasteiger partial charge >= 0.3 is 0 Å². The molecular formula is C21H34N2O3S. The Morgan fingerprint density at radius 1 is 1.11 bits per heavy atom. The Balaban J connectivity index is 2.45.